The van der Waals surface area contributed by atoms with Gasteiger partial charge in [0.2, 0.25) is 0 Å². The van der Waals surface area contributed by atoms with E-state index in [9.17, 15) is 5.11 Å². The minimum absolute atomic E-state index is 0.390. The van der Waals surface area contributed by atoms with E-state index in [1.807, 2.05) is 6.07 Å². The third kappa shape index (κ3) is 1.70. The lowest BCUT2D eigenvalue weighted by Gasteiger charge is -2.32. The first kappa shape index (κ1) is 10.1. The van der Waals surface area contributed by atoms with E-state index in [0.29, 0.717) is 11.8 Å². The summed E-state index contributed by atoms with van der Waals surface area (Å²) in [5.41, 5.74) is 2.72. The van der Waals surface area contributed by atoms with Gasteiger partial charge in [-0.25, -0.2) is 0 Å². The number of morpholine rings is 1. The average Bonchev–Trinajstić information content (AvgIpc) is 2.73. The maximum Gasteiger partial charge on any atom is 0.115 e. The van der Waals surface area contributed by atoms with Crippen LogP contribution in [0.5, 0.6) is 5.75 Å². The van der Waals surface area contributed by atoms with E-state index in [4.69, 9.17) is 4.74 Å². The number of aromatic hydroxyl groups is 1. The molecule has 86 valence electrons. The average molecular weight is 219 g/mol. The Hall–Kier alpha value is -1.06. The van der Waals surface area contributed by atoms with Gasteiger partial charge in [-0.15, -0.1) is 0 Å². The number of aryl methyl sites for hydroxylation is 1. The number of fused-ring (bicyclic) bond motifs is 1. The topological polar surface area (TPSA) is 32.7 Å². The van der Waals surface area contributed by atoms with Gasteiger partial charge in [0, 0.05) is 19.1 Å². The first-order valence-electron chi connectivity index (χ1n) is 5.98. The molecule has 3 rings (SSSR count). The Balaban J connectivity index is 1.84. The lowest BCUT2D eigenvalue weighted by Crippen LogP contribution is -2.38. The second-order valence-electron chi connectivity index (χ2n) is 4.59. The first-order chi connectivity index (χ1) is 7.84. The van der Waals surface area contributed by atoms with Crippen molar-refractivity contribution in [3.05, 3.63) is 29.3 Å². The molecule has 1 aromatic carbocycles. The molecule has 1 heterocycles. The SMILES string of the molecule is Oc1ccc2c(c1)CC[C@H]2N1CCOCC1. The van der Waals surface area contributed by atoms with E-state index < -0.39 is 0 Å². The molecule has 0 bridgehead atoms. The molecular formula is C13H17NO2. The Morgan fingerprint density at radius 2 is 2.06 bits per heavy atom. The highest BCUT2D eigenvalue weighted by Crippen LogP contribution is 2.37. The van der Waals surface area contributed by atoms with Crippen molar-refractivity contribution < 1.29 is 9.84 Å². The van der Waals surface area contributed by atoms with Gasteiger partial charge >= 0.3 is 0 Å². The normalized spacial score (nSPS) is 25.6. The molecule has 1 atom stereocenters. The van der Waals surface area contributed by atoms with Crippen LogP contribution in [0.2, 0.25) is 0 Å². The van der Waals surface area contributed by atoms with Crippen molar-refractivity contribution >= 4 is 0 Å². The van der Waals surface area contributed by atoms with Crippen molar-refractivity contribution in [1.29, 1.82) is 0 Å². The van der Waals surface area contributed by atoms with Crippen molar-refractivity contribution in [2.45, 2.75) is 18.9 Å². The Labute approximate surface area is 95.6 Å². The van der Waals surface area contributed by atoms with Crippen LogP contribution in [0, 0.1) is 0 Å². The number of benzene rings is 1. The molecule has 0 unspecified atom stereocenters. The third-order valence-corrected chi connectivity index (χ3v) is 3.66. The Bertz CT molecular complexity index is 386. The quantitative estimate of drug-likeness (QED) is 0.780. The van der Waals surface area contributed by atoms with Crippen LogP contribution in [0.1, 0.15) is 23.6 Å². The minimum atomic E-state index is 0.390. The standard InChI is InChI=1S/C13H17NO2/c15-11-2-3-12-10(9-11)1-4-13(12)14-5-7-16-8-6-14/h2-3,9,13,15H,1,4-8H2/t13-/m1/s1. The molecule has 0 radical (unpaired) electrons. The highest BCUT2D eigenvalue weighted by Gasteiger charge is 2.28. The molecule has 1 aliphatic heterocycles. The van der Waals surface area contributed by atoms with Gasteiger partial charge in [0.25, 0.3) is 0 Å². The molecule has 0 aromatic heterocycles. The Morgan fingerprint density at radius 1 is 1.25 bits per heavy atom. The van der Waals surface area contributed by atoms with E-state index in [0.717, 1.165) is 32.7 Å². The van der Waals surface area contributed by atoms with Crippen LogP contribution < -0.4 is 0 Å². The zero-order chi connectivity index (χ0) is 11.0. The molecule has 1 N–H and O–H groups in total. The number of ether oxygens (including phenoxy) is 1. The van der Waals surface area contributed by atoms with Gasteiger partial charge in [-0.1, -0.05) is 6.07 Å². The number of hydrogen-bond acceptors (Lipinski definition) is 3. The number of rotatable bonds is 1. The second kappa shape index (κ2) is 4.07. The summed E-state index contributed by atoms with van der Waals surface area (Å²) in [7, 11) is 0. The lowest BCUT2D eigenvalue weighted by molar-refractivity contribution is 0.0164. The highest BCUT2D eigenvalue weighted by molar-refractivity contribution is 5.40. The summed E-state index contributed by atoms with van der Waals surface area (Å²) in [4.78, 5) is 2.51. The largest absolute Gasteiger partial charge is 0.508 e. The number of phenolic OH excluding ortho intramolecular Hbond substituents is 1. The van der Waals surface area contributed by atoms with Crippen molar-refractivity contribution in [2.24, 2.45) is 0 Å². The first-order valence-corrected chi connectivity index (χ1v) is 5.98. The number of phenols is 1. The van der Waals surface area contributed by atoms with Crippen LogP contribution in [0.15, 0.2) is 18.2 Å². The molecule has 16 heavy (non-hydrogen) atoms. The van der Waals surface area contributed by atoms with Crippen LogP contribution >= 0.6 is 0 Å². The Morgan fingerprint density at radius 3 is 2.88 bits per heavy atom. The summed E-state index contributed by atoms with van der Waals surface area (Å²) >= 11 is 0. The molecular weight excluding hydrogens is 202 g/mol. The minimum Gasteiger partial charge on any atom is -0.508 e. The second-order valence-corrected chi connectivity index (χ2v) is 4.59. The molecule has 1 fully saturated rings. The zero-order valence-electron chi connectivity index (χ0n) is 9.35. The summed E-state index contributed by atoms with van der Waals surface area (Å²) in [6, 6.07) is 6.34. The molecule has 3 nitrogen and oxygen atoms in total. The van der Waals surface area contributed by atoms with Crippen molar-refractivity contribution in [1.82, 2.24) is 4.90 Å². The summed E-state index contributed by atoms with van der Waals surface area (Å²) in [6.07, 6.45) is 2.27. The fraction of sp³-hybridized carbons (Fsp3) is 0.538. The van der Waals surface area contributed by atoms with Crippen molar-refractivity contribution in [3.63, 3.8) is 0 Å². The summed E-state index contributed by atoms with van der Waals surface area (Å²) in [5, 5.41) is 9.46. The molecule has 2 aliphatic rings. The summed E-state index contributed by atoms with van der Waals surface area (Å²) in [5.74, 6) is 0.390. The van der Waals surface area contributed by atoms with Gasteiger partial charge in [-0.2, -0.15) is 0 Å². The van der Waals surface area contributed by atoms with Crippen molar-refractivity contribution in [3.8, 4) is 5.75 Å². The van der Waals surface area contributed by atoms with Gasteiger partial charge in [-0.05, 0) is 36.1 Å². The molecule has 1 aromatic rings. The lowest BCUT2D eigenvalue weighted by atomic mass is 10.1. The fourth-order valence-corrected chi connectivity index (χ4v) is 2.85. The smallest absolute Gasteiger partial charge is 0.115 e. The zero-order valence-corrected chi connectivity index (χ0v) is 9.35. The molecule has 0 spiro atoms. The third-order valence-electron chi connectivity index (χ3n) is 3.66. The van der Waals surface area contributed by atoms with Gasteiger partial charge in [0.1, 0.15) is 5.75 Å². The van der Waals surface area contributed by atoms with E-state index in [-0.39, 0.29) is 0 Å². The van der Waals surface area contributed by atoms with E-state index >= 15 is 0 Å². The molecule has 0 saturated carbocycles. The Kier molecular flexibility index (Phi) is 2.58. The highest BCUT2D eigenvalue weighted by atomic mass is 16.5. The van der Waals surface area contributed by atoms with Crippen LogP contribution in [-0.4, -0.2) is 36.3 Å². The predicted molar refractivity (Wildman–Crippen MR) is 61.6 cm³/mol. The number of hydrogen-bond donors (Lipinski definition) is 1. The van der Waals surface area contributed by atoms with Gasteiger partial charge in [0.15, 0.2) is 0 Å². The van der Waals surface area contributed by atoms with Crippen LogP contribution in [0.3, 0.4) is 0 Å². The van der Waals surface area contributed by atoms with Crippen molar-refractivity contribution in [2.75, 3.05) is 26.3 Å². The van der Waals surface area contributed by atoms with Crippen LogP contribution in [-0.2, 0) is 11.2 Å². The molecule has 3 heteroatoms. The van der Waals surface area contributed by atoms with Gasteiger partial charge in [-0.3, -0.25) is 4.90 Å². The van der Waals surface area contributed by atoms with E-state index in [1.54, 1.807) is 6.07 Å². The molecule has 0 amide bonds. The molecule has 1 aliphatic carbocycles. The van der Waals surface area contributed by atoms with Gasteiger partial charge in [0.05, 0.1) is 13.2 Å². The number of nitrogens with zero attached hydrogens (tertiary/aromatic N) is 1. The summed E-state index contributed by atoms with van der Waals surface area (Å²) in [6.45, 7) is 3.77. The monoisotopic (exact) mass is 219 g/mol. The predicted octanol–water partition coefficient (Wildman–Crippen LogP) is 1.71. The maximum absolute atomic E-state index is 9.46. The van der Waals surface area contributed by atoms with E-state index in [1.165, 1.54) is 17.5 Å². The van der Waals surface area contributed by atoms with Crippen LogP contribution in [0.4, 0.5) is 0 Å². The van der Waals surface area contributed by atoms with E-state index in [2.05, 4.69) is 11.0 Å². The van der Waals surface area contributed by atoms with Gasteiger partial charge < -0.3 is 9.84 Å². The maximum atomic E-state index is 9.46. The fourth-order valence-electron chi connectivity index (χ4n) is 2.85. The van der Waals surface area contributed by atoms with Crippen LogP contribution in [0.25, 0.3) is 0 Å². The summed E-state index contributed by atoms with van der Waals surface area (Å²) < 4.78 is 5.38. The molecule has 1 saturated heterocycles.